The quantitative estimate of drug-likeness (QED) is 0.171. The van der Waals surface area contributed by atoms with Crippen molar-refractivity contribution in [1.82, 2.24) is 0 Å². The van der Waals surface area contributed by atoms with Gasteiger partial charge in [0.15, 0.2) is 6.61 Å². The Morgan fingerprint density at radius 3 is 1.70 bits per heavy atom. The Bertz CT molecular complexity index is 427. The highest BCUT2D eigenvalue weighted by atomic mass is 19.4. The van der Waals surface area contributed by atoms with E-state index in [0.717, 1.165) is 38.5 Å². The molecule has 0 spiro atoms. The Balaban J connectivity index is 4.13. The lowest BCUT2D eigenvalue weighted by Crippen LogP contribution is -2.59. The maximum atomic E-state index is 13.2. The van der Waals surface area contributed by atoms with Gasteiger partial charge in [0.2, 0.25) is 0 Å². The van der Waals surface area contributed by atoms with Gasteiger partial charge < -0.3 is 4.74 Å². The lowest BCUT2D eigenvalue weighted by Gasteiger charge is -2.31. The number of esters is 1. The van der Waals surface area contributed by atoms with Gasteiger partial charge >= 0.3 is 30.2 Å². The van der Waals surface area contributed by atoms with Gasteiger partial charge in [-0.05, 0) is 6.42 Å². The number of halogens is 8. The minimum atomic E-state index is -6.35. The number of ether oxygens (including phenoxy) is 1. The van der Waals surface area contributed by atoms with E-state index in [2.05, 4.69) is 11.7 Å². The lowest BCUT2D eigenvalue weighted by atomic mass is 10.1. The van der Waals surface area contributed by atoms with E-state index in [1.165, 1.54) is 6.42 Å². The molecule has 0 radical (unpaired) electrons. The second kappa shape index (κ2) is 11.7. The Hall–Kier alpha value is -1.09. The molecule has 27 heavy (non-hydrogen) atoms. The molecule has 0 aromatic rings. The molecule has 0 N–H and O–H groups in total. The highest BCUT2D eigenvalue weighted by molar-refractivity contribution is 5.69. The maximum Gasteiger partial charge on any atom is 0.381 e. The van der Waals surface area contributed by atoms with Crippen LogP contribution < -0.4 is 0 Å². The van der Waals surface area contributed by atoms with Crippen LogP contribution in [0, 0.1) is 0 Å². The molecule has 0 amide bonds. The van der Waals surface area contributed by atoms with Crippen LogP contribution >= 0.6 is 0 Å². The normalized spacial score (nSPS) is 13.3. The van der Waals surface area contributed by atoms with E-state index in [9.17, 15) is 39.9 Å². The van der Waals surface area contributed by atoms with Crippen LogP contribution in [0.2, 0.25) is 0 Å². The molecule has 0 aliphatic rings. The molecule has 0 aliphatic carbocycles. The fourth-order valence-corrected chi connectivity index (χ4v) is 2.29. The van der Waals surface area contributed by atoms with Crippen LogP contribution in [0.5, 0.6) is 0 Å². The van der Waals surface area contributed by atoms with Crippen LogP contribution in [-0.4, -0.2) is 36.8 Å². The Labute approximate surface area is 153 Å². The summed E-state index contributed by atoms with van der Waals surface area (Å²) in [6.45, 7) is -0.293. The molecule has 10 heteroatoms. The smallest absolute Gasteiger partial charge is 0.381 e. The fourth-order valence-electron chi connectivity index (χ4n) is 2.29. The maximum absolute atomic E-state index is 13.2. The average Bonchev–Trinajstić information content (AvgIpc) is 2.58. The van der Waals surface area contributed by atoms with E-state index in [0.29, 0.717) is 6.42 Å². The monoisotopic (exact) mass is 414 g/mol. The third kappa shape index (κ3) is 8.21. The van der Waals surface area contributed by atoms with Crippen molar-refractivity contribution in [2.24, 2.45) is 0 Å². The lowest BCUT2D eigenvalue weighted by molar-refractivity contribution is -0.344. The van der Waals surface area contributed by atoms with E-state index < -0.39 is 36.8 Å². The topological polar surface area (TPSA) is 26.3 Å². The molecule has 0 saturated carbocycles. The number of rotatable bonds is 15. The van der Waals surface area contributed by atoms with Gasteiger partial charge in [-0.1, -0.05) is 58.3 Å². The summed E-state index contributed by atoms with van der Waals surface area (Å²) in [6, 6.07) is 0. The van der Waals surface area contributed by atoms with Crippen LogP contribution in [0.25, 0.3) is 0 Å². The average molecular weight is 414 g/mol. The Morgan fingerprint density at radius 1 is 0.815 bits per heavy atom. The standard InChI is InChI=1S/C17H26F8O2/c1-2-3-4-5-6-7-8-9-10-11-13(26)27-12-15(20,21)17(24,25)16(22,23)14(18)19/h14H,2-12H2,1H3. The van der Waals surface area contributed by atoms with Crippen LogP contribution in [0.4, 0.5) is 35.1 Å². The fraction of sp³-hybridized carbons (Fsp3) is 0.941. The van der Waals surface area contributed by atoms with Crippen LogP contribution in [0.3, 0.4) is 0 Å². The molecule has 2 nitrogen and oxygen atoms in total. The van der Waals surface area contributed by atoms with E-state index >= 15 is 0 Å². The van der Waals surface area contributed by atoms with Crippen molar-refractivity contribution in [3.63, 3.8) is 0 Å². The predicted octanol–water partition coefficient (Wildman–Crippen LogP) is 6.62. The third-order valence-corrected chi connectivity index (χ3v) is 4.05. The number of carbonyl (C=O) groups is 1. The van der Waals surface area contributed by atoms with Gasteiger partial charge in [0, 0.05) is 6.42 Å². The highest BCUT2D eigenvalue weighted by Crippen LogP contribution is 2.48. The molecule has 0 bridgehead atoms. The number of alkyl halides is 8. The second-order valence-corrected chi connectivity index (χ2v) is 6.44. The number of hydrogen-bond acceptors (Lipinski definition) is 2. The summed E-state index contributed by atoms with van der Waals surface area (Å²) in [5.41, 5.74) is 0. The number of hydrogen-bond donors (Lipinski definition) is 0. The molecule has 0 aromatic heterocycles. The predicted molar refractivity (Wildman–Crippen MR) is 83.6 cm³/mol. The molecule has 0 rings (SSSR count). The van der Waals surface area contributed by atoms with Gasteiger partial charge in [0.25, 0.3) is 0 Å². The van der Waals surface area contributed by atoms with Crippen molar-refractivity contribution >= 4 is 5.97 Å². The summed E-state index contributed by atoms with van der Waals surface area (Å²) in [5.74, 6) is -19.5. The summed E-state index contributed by atoms with van der Waals surface area (Å²) in [6.07, 6.45) is 2.84. The van der Waals surface area contributed by atoms with Crippen LogP contribution in [0.1, 0.15) is 71.1 Å². The highest BCUT2D eigenvalue weighted by Gasteiger charge is 2.75. The van der Waals surface area contributed by atoms with Crippen molar-refractivity contribution in [3.8, 4) is 0 Å². The molecule has 0 atom stereocenters. The van der Waals surface area contributed by atoms with Crippen LogP contribution in [0.15, 0.2) is 0 Å². The van der Waals surface area contributed by atoms with Crippen LogP contribution in [-0.2, 0) is 9.53 Å². The van der Waals surface area contributed by atoms with Crippen molar-refractivity contribution in [1.29, 1.82) is 0 Å². The third-order valence-electron chi connectivity index (χ3n) is 4.05. The number of unbranched alkanes of at least 4 members (excludes halogenated alkanes) is 8. The van der Waals surface area contributed by atoms with Gasteiger partial charge in [-0.3, -0.25) is 4.79 Å². The molecular weight excluding hydrogens is 388 g/mol. The Morgan fingerprint density at radius 2 is 1.26 bits per heavy atom. The summed E-state index contributed by atoms with van der Waals surface area (Å²) in [4.78, 5) is 11.3. The Kier molecular flexibility index (Phi) is 11.2. The molecule has 0 heterocycles. The molecule has 0 unspecified atom stereocenters. The van der Waals surface area contributed by atoms with Crippen molar-refractivity contribution in [3.05, 3.63) is 0 Å². The SMILES string of the molecule is CCCCCCCCCCCC(=O)OCC(F)(F)C(F)(F)C(F)(F)C(F)F. The van der Waals surface area contributed by atoms with Gasteiger partial charge in [0.1, 0.15) is 0 Å². The largest absolute Gasteiger partial charge is 0.459 e. The van der Waals surface area contributed by atoms with E-state index in [1.54, 1.807) is 0 Å². The van der Waals surface area contributed by atoms with Gasteiger partial charge in [-0.15, -0.1) is 0 Å². The molecule has 0 fully saturated rings. The first-order valence-electron chi connectivity index (χ1n) is 8.97. The van der Waals surface area contributed by atoms with Gasteiger partial charge in [-0.25, -0.2) is 8.78 Å². The van der Waals surface area contributed by atoms with Gasteiger partial charge in [0.05, 0.1) is 0 Å². The number of carbonyl (C=O) groups excluding carboxylic acids is 1. The molecule has 162 valence electrons. The van der Waals surface area contributed by atoms with E-state index in [4.69, 9.17) is 0 Å². The summed E-state index contributed by atoms with van der Waals surface area (Å²) >= 11 is 0. The summed E-state index contributed by atoms with van der Waals surface area (Å²) in [7, 11) is 0. The summed E-state index contributed by atoms with van der Waals surface area (Å²) < 4.78 is 105. The molecular formula is C17H26F8O2. The zero-order valence-corrected chi connectivity index (χ0v) is 15.2. The van der Waals surface area contributed by atoms with Crippen molar-refractivity contribution in [2.75, 3.05) is 6.61 Å². The van der Waals surface area contributed by atoms with E-state index in [-0.39, 0.29) is 12.8 Å². The summed E-state index contributed by atoms with van der Waals surface area (Å²) in [5, 5.41) is 0. The molecule has 0 aliphatic heterocycles. The second-order valence-electron chi connectivity index (χ2n) is 6.44. The minimum Gasteiger partial charge on any atom is -0.459 e. The minimum absolute atomic E-state index is 0.267. The molecule has 0 aromatic carbocycles. The first-order valence-corrected chi connectivity index (χ1v) is 8.97. The van der Waals surface area contributed by atoms with Crippen molar-refractivity contribution in [2.45, 2.75) is 95.3 Å². The van der Waals surface area contributed by atoms with Gasteiger partial charge in [-0.2, -0.15) is 26.3 Å². The van der Waals surface area contributed by atoms with Crippen molar-refractivity contribution < 1.29 is 44.7 Å². The first-order chi connectivity index (χ1) is 12.4. The first kappa shape index (κ1) is 25.9. The zero-order chi connectivity index (χ0) is 21.1. The molecule has 0 saturated heterocycles. The zero-order valence-electron chi connectivity index (χ0n) is 15.2. The van der Waals surface area contributed by atoms with E-state index in [1.807, 2.05) is 0 Å².